The van der Waals surface area contributed by atoms with E-state index in [0.29, 0.717) is 12.5 Å². The lowest BCUT2D eigenvalue weighted by atomic mass is 9.93. The van der Waals surface area contributed by atoms with Crippen molar-refractivity contribution >= 4 is 17.7 Å². The first kappa shape index (κ1) is 21.7. The quantitative estimate of drug-likeness (QED) is 0.571. The lowest BCUT2D eigenvalue weighted by Crippen LogP contribution is -2.31. The van der Waals surface area contributed by atoms with E-state index in [1.807, 2.05) is 26.8 Å². The molecule has 2 aromatic carbocycles. The Morgan fingerprint density at radius 3 is 2.14 bits per heavy atom. The molecule has 0 saturated carbocycles. The molecule has 3 heteroatoms. The highest BCUT2D eigenvalue weighted by Crippen LogP contribution is 2.29. The number of anilines is 1. The SMILES string of the molecule is CC/C(=C\c1cc(C)c(-c2ccc(NC(C)C)cc2)cc1C)C(=O)NC(C)C. The summed E-state index contributed by atoms with van der Waals surface area (Å²) < 4.78 is 0. The van der Waals surface area contributed by atoms with E-state index in [0.717, 1.165) is 16.8 Å². The van der Waals surface area contributed by atoms with E-state index in [1.165, 1.54) is 22.3 Å². The van der Waals surface area contributed by atoms with Crippen LogP contribution >= 0.6 is 0 Å². The Hall–Kier alpha value is -2.55. The van der Waals surface area contributed by atoms with Crippen molar-refractivity contribution in [3.8, 4) is 11.1 Å². The smallest absolute Gasteiger partial charge is 0.247 e. The Balaban J connectivity index is 2.34. The van der Waals surface area contributed by atoms with Gasteiger partial charge in [0.25, 0.3) is 0 Å². The van der Waals surface area contributed by atoms with Crippen LogP contribution in [0.5, 0.6) is 0 Å². The summed E-state index contributed by atoms with van der Waals surface area (Å²) in [7, 11) is 0. The average molecular weight is 379 g/mol. The molecule has 1 amide bonds. The van der Waals surface area contributed by atoms with Gasteiger partial charge in [-0.15, -0.1) is 0 Å². The fourth-order valence-electron chi connectivity index (χ4n) is 3.26. The van der Waals surface area contributed by atoms with Gasteiger partial charge in [-0.25, -0.2) is 0 Å². The maximum Gasteiger partial charge on any atom is 0.247 e. The zero-order valence-electron chi connectivity index (χ0n) is 18.3. The van der Waals surface area contributed by atoms with Crippen molar-refractivity contribution in [1.29, 1.82) is 0 Å². The minimum atomic E-state index is 0.0203. The number of carbonyl (C=O) groups is 1. The molecule has 0 spiro atoms. The van der Waals surface area contributed by atoms with Crippen molar-refractivity contribution in [3.63, 3.8) is 0 Å². The minimum absolute atomic E-state index is 0.0203. The first-order chi connectivity index (χ1) is 13.2. The zero-order valence-corrected chi connectivity index (χ0v) is 18.3. The normalized spacial score (nSPS) is 11.8. The maximum absolute atomic E-state index is 12.4. The van der Waals surface area contributed by atoms with Gasteiger partial charge in [0.15, 0.2) is 0 Å². The Morgan fingerprint density at radius 1 is 0.964 bits per heavy atom. The van der Waals surface area contributed by atoms with Crippen molar-refractivity contribution in [2.24, 2.45) is 0 Å². The summed E-state index contributed by atoms with van der Waals surface area (Å²) in [5.41, 5.74) is 7.88. The number of benzene rings is 2. The topological polar surface area (TPSA) is 41.1 Å². The van der Waals surface area contributed by atoms with E-state index in [1.54, 1.807) is 0 Å². The van der Waals surface area contributed by atoms with Crippen LogP contribution in [0.4, 0.5) is 5.69 Å². The Labute approximate surface area is 170 Å². The molecule has 2 N–H and O–H groups in total. The van der Waals surface area contributed by atoms with Crippen LogP contribution in [0.25, 0.3) is 17.2 Å². The molecule has 2 aromatic rings. The number of rotatable bonds is 7. The first-order valence-electron chi connectivity index (χ1n) is 10.2. The van der Waals surface area contributed by atoms with Gasteiger partial charge >= 0.3 is 0 Å². The Kier molecular flexibility index (Phi) is 7.45. The predicted octanol–water partition coefficient (Wildman–Crippen LogP) is 6.11. The molecular formula is C25H34N2O. The van der Waals surface area contributed by atoms with E-state index in [4.69, 9.17) is 0 Å². The summed E-state index contributed by atoms with van der Waals surface area (Å²) in [4.78, 5) is 12.4. The number of hydrogen-bond acceptors (Lipinski definition) is 2. The third-order valence-corrected chi connectivity index (χ3v) is 4.69. The molecule has 0 aliphatic heterocycles. The number of nitrogens with one attached hydrogen (secondary N) is 2. The second-order valence-corrected chi connectivity index (χ2v) is 8.05. The molecule has 0 saturated heterocycles. The Morgan fingerprint density at radius 2 is 1.61 bits per heavy atom. The second-order valence-electron chi connectivity index (χ2n) is 8.05. The second kappa shape index (κ2) is 9.59. The molecule has 0 heterocycles. The van der Waals surface area contributed by atoms with Gasteiger partial charge in [0.05, 0.1) is 0 Å². The van der Waals surface area contributed by atoms with Gasteiger partial charge in [0, 0.05) is 23.3 Å². The summed E-state index contributed by atoms with van der Waals surface area (Å²) in [6.07, 6.45) is 2.74. The average Bonchev–Trinajstić information content (AvgIpc) is 2.61. The van der Waals surface area contributed by atoms with E-state index >= 15 is 0 Å². The van der Waals surface area contributed by atoms with Gasteiger partial charge in [-0.1, -0.05) is 31.2 Å². The highest BCUT2D eigenvalue weighted by Gasteiger charge is 2.11. The third kappa shape index (κ3) is 5.72. The van der Waals surface area contributed by atoms with Crippen LogP contribution in [0.1, 0.15) is 57.7 Å². The number of hydrogen-bond donors (Lipinski definition) is 2. The fraction of sp³-hybridized carbons (Fsp3) is 0.400. The largest absolute Gasteiger partial charge is 0.383 e. The van der Waals surface area contributed by atoms with E-state index in [9.17, 15) is 4.79 Å². The van der Waals surface area contributed by atoms with Crippen molar-refractivity contribution in [2.45, 2.75) is 67.0 Å². The first-order valence-corrected chi connectivity index (χ1v) is 10.2. The monoisotopic (exact) mass is 378 g/mol. The molecule has 0 unspecified atom stereocenters. The summed E-state index contributed by atoms with van der Waals surface area (Å²) in [6, 6.07) is 13.5. The fourth-order valence-corrected chi connectivity index (χ4v) is 3.26. The minimum Gasteiger partial charge on any atom is -0.383 e. The molecule has 0 bridgehead atoms. The van der Waals surface area contributed by atoms with E-state index < -0.39 is 0 Å². The highest BCUT2D eigenvalue weighted by molar-refractivity contribution is 5.98. The molecule has 0 aliphatic rings. The van der Waals surface area contributed by atoms with Gasteiger partial charge < -0.3 is 10.6 Å². The van der Waals surface area contributed by atoms with Gasteiger partial charge in [0.2, 0.25) is 5.91 Å². The van der Waals surface area contributed by atoms with Crippen molar-refractivity contribution in [1.82, 2.24) is 5.32 Å². The van der Waals surface area contributed by atoms with Gasteiger partial charge in [0.1, 0.15) is 0 Å². The third-order valence-electron chi connectivity index (χ3n) is 4.69. The standard InChI is InChI=1S/C25H34N2O/c1-8-20(25(28)27-17(4)5)15-22-13-19(7)24(14-18(22)6)21-9-11-23(12-10-21)26-16(2)3/h9-17,26H,8H2,1-7H3,(H,27,28)/b20-15+. The van der Waals surface area contributed by atoms with E-state index in [-0.39, 0.29) is 11.9 Å². The molecule has 28 heavy (non-hydrogen) atoms. The maximum atomic E-state index is 12.4. The van der Waals surface area contributed by atoms with Gasteiger partial charge in [-0.3, -0.25) is 4.79 Å². The molecule has 150 valence electrons. The lowest BCUT2D eigenvalue weighted by molar-refractivity contribution is -0.118. The Bertz CT molecular complexity index is 846. The molecule has 3 nitrogen and oxygen atoms in total. The van der Waals surface area contributed by atoms with Crippen LogP contribution in [-0.4, -0.2) is 18.0 Å². The van der Waals surface area contributed by atoms with Gasteiger partial charge in [-0.2, -0.15) is 0 Å². The van der Waals surface area contributed by atoms with Crippen molar-refractivity contribution in [3.05, 3.63) is 58.7 Å². The molecule has 0 aromatic heterocycles. The highest BCUT2D eigenvalue weighted by atomic mass is 16.1. The molecular weight excluding hydrogens is 344 g/mol. The summed E-state index contributed by atoms with van der Waals surface area (Å²) in [6.45, 7) is 14.5. The number of carbonyl (C=O) groups excluding carboxylic acids is 1. The molecule has 0 fully saturated rings. The van der Waals surface area contributed by atoms with Crippen LogP contribution in [0.2, 0.25) is 0 Å². The molecule has 0 atom stereocenters. The van der Waals surface area contributed by atoms with Crippen LogP contribution in [0.3, 0.4) is 0 Å². The van der Waals surface area contributed by atoms with Crippen molar-refractivity contribution < 1.29 is 4.79 Å². The number of aryl methyl sites for hydroxylation is 2. The van der Waals surface area contributed by atoms with Crippen LogP contribution in [0.15, 0.2) is 42.0 Å². The number of amides is 1. The summed E-state index contributed by atoms with van der Waals surface area (Å²) >= 11 is 0. The van der Waals surface area contributed by atoms with Crippen LogP contribution in [0, 0.1) is 13.8 Å². The molecule has 2 rings (SSSR count). The lowest BCUT2D eigenvalue weighted by Gasteiger charge is -2.14. The van der Waals surface area contributed by atoms with E-state index in [2.05, 4.69) is 74.7 Å². The molecule has 0 aliphatic carbocycles. The van der Waals surface area contributed by atoms with Crippen LogP contribution in [-0.2, 0) is 4.79 Å². The van der Waals surface area contributed by atoms with Crippen molar-refractivity contribution in [2.75, 3.05) is 5.32 Å². The van der Waals surface area contributed by atoms with Crippen LogP contribution < -0.4 is 10.6 Å². The van der Waals surface area contributed by atoms with Gasteiger partial charge in [-0.05, 0) is 94.0 Å². The molecule has 0 radical (unpaired) electrons. The summed E-state index contributed by atoms with van der Waals surface area (Å²) in [5.74, 6) is 0.0203. The summed E-state index contributed by atoms with van der Waals surface area (Å²) in [5, 5.41) is 6.42. The predicted molar refractivity (Wildman–Crippen MR) is 122 cm³/mol. The zero-order chi connectivity index (χ0) is 20.8.